The number of carbonyl (C=O) groups is 1. The Labute approximate surface area is 87.7 Å². The first kappa shape index (κ1) is 11.7. The quantitative estimate of drug-likeness (QED) is 0.652. The SMILES string of the molecule is CCC(CO)NCc1ccoc1C(=O)O. The smallest absolute Gasteiger partial charge is 0.372 e. The molecule has 5 heteroatoms. The second-order valence-electron chi connectivity index (χ2n) is 3.25. The molecule has 5 nitrogen and oxygen atoms in total. The molecule has 1 rings (SSSR count). The van der Waals surface area contributed by atoms with E-state index in [4.69, 9.17) is 14.6 Å². The van der Waals surface area contributed by atoms with E-state index < -0.39 is 5.97 Å². The molecule has 0 amide bonds. The highest BCUT2D eigenvalue weighted by Crippen LogP contribution is 2.10. The molecule has 0 bridgehead atoms. The number of furan rings is 1. The Hall–Kier alpha value is -1.33. The molecule has 0 radical (unpaired) electrons. The van der Waals surface area contributed by atoms with E-state index in [1.54, 1.807) is 6.07 Å². The van der Waals surface area contributed by atoms with Crippen molar-refractivity contribution >= 4 is 5.97 Å². The van der Waals surface area contributed by atoms with Gasteiger partial charge in [-0.2, -0.15) is 0 Å². The summed E-state index contributed by atoms with van der Waals surface area (Å²) in [6, 6.07) is 1.60. The van der Waals surface area contributed by atoms with Gasteiger partial charge in [0.1, 0.15) is 0 Å². The highest BCUT2D eigenvalue weighted by atomic mass is 16.4. The van der Waals surface area contributed by atoms with Gasteiger partial charge in [-0.25, -0.2) is 4.79 Å². The Bertz CT molecular complexity index is 317. The molecule has 1 heterocycles. The Balaban J connectivity index is 2.57. The van der Waals surface area contributed by atoms with Crippen molar-refractivity contribution in [3.8, 4) is 0 Å². The molecule has 3 N–H and O–H groups in total. The van der Waals surface area contributed by atoms with Gasteiger partial charge in [-0.05, 0) is 12.5 Å². The molecule has 0 aromatic carbocycles. The van der Waals surface area contributed by atoms with Crippen LogP contribution in [0.5, 0.6) is 0 Å². The normalized spacial score (nSPS) is 12.7. The van der Waals surface area contributed by atoms with Crippen molar-refractivity contribution in [3.63, 3.8) is 0 Å². The van der Waals surface area contributed by atoms with Crippen molar-refractivity contribution in [2.24, 2.45) is 0 Å². The van der Waals surface area contributed by atoms with E-state index in [-0.39, 0.29) is 18.4 Å². The number of aliphatic hydroxyl groups excluding tert-OH is 1. The summed E-state index contributed by atoms with van der Waals surface area (Å²) >= 11 is 0. The van der Waals surface area contributed by atoms with Crippen LogP contribution < -0.4 is 5.32 Å². The van der Waals surface area contributed by atoms with Gasteiger partial charge in [-0.15, -0.1) is 0 Å². The lowest BCUT2D eigenvalue weighted by molar-refractivity contribution is 0.0660. The van der Waals surface area contributed by atoms with Gasteiger partial charge in [0.25, 0.3) is 0 Å². The molecule has 1 unspecified atom stereocenters. The molecule has 0 saturated carbocycles. The van der Waals surface area contributed by atoms with Crippen LogP contribution in [0.2, 0.25) is 0 Å². The zero-order valence-corrected chi connectivity index (χ0v) is 8.56. The average Bonchev–Trinajstić information content (AvgIpc) is 2.67. The van der Waals surface area contributed by atoms with Gasteiger partial charge in [-0.1, -0.05) is 6.92 Å². The van der Waals surface area contributed by atoms with E-state index in [2.05, 4.69) is 5.32 Å². The predicted molar refractivity (Wildman–Crippen MR) is 53.7 cm³/mol. The van der Waals surface area contributed by atoms with Crippen LogP contribution >= 0.6 is 0 Å². The molecular weight excluding hydrogens is 198 g/mol. The van der Waals surface area contributed by atoms with E-state index in [1.165, 1.54) is 6.26 Å². The second kappa shape index (κ2) is 5.53. The van der Waals surface area contributed by atoms with E-state index in [0.717, 1.165) is 6.42 Å². The molecule has 0 spiro atoms. The standard InChI is InChI=1S/C10H15NO4/c1-2-8(6-12)11-5-7-3-4-15-9(7)10(13)14/h3-4,8,11-12H,2,5-6H2,1H3,(H,13,14). The molecule has 0 aliphatic rings. The van der Waals surface area contributed by atoms with Crippen molar-refractivity contribution in [2.45, 2.75) is 25.9 Å². The molecule has 0 aliphatic heterocycles. The lowest BCUT2D eigenvalue weighted by Crippen LogP contribution is -2.31. The topological polar surface area (TPSA) is 82.7 Å². The lowest BCUT2D eigenvalue weighted by atomic mass is 10.2. The van der Waals surface area contributed by atoms with Gasteiger partial charge in [0, 0.05) is 18.2 Å². The van der Waals surface area contributed by atoms with E-state index in [1.807, 2.05) is 6.92 Å². The maximum Gasteiger partial charge on any atom is 0.372 e. The van der Waals surface area contributed by atoms with Crippen LogP contribution in [0, 0.1) is 0 Å². The summed E-state index contributed by atoms with van der Waals surface area (Å²) in [7, 11) is 0. The van der Waals surface area contributed by atoms with Gasteiger partial charge >= 0.3 is 5.97 Å². The minimum Gasteiger partial charge on any atom is -0.475 e. The van der Waals surface area contributed by atoms with Crippen LogP contribution in [0.15, 0.2) is 16.7 Å². The van der Waals surface area contributed by atoms with E-state index >= 15 is 0 Å². The fraction of sp³-hybridized carbons (Fsp3) is 0.500. The van der Waals surface area contributed by atoms with Crippen molar-refractivity contribution in [1.82, 2.24) is 5.32 Å². The third kappa shape index (κ3) is 3.07. The Morgan fingerprint density at radius 2 is 2.40 bits per heavy atom. The van der Waals surface area contributed by atoms with Gasteiger partial charge in [0.2, 0.25) is 5.76 Å². The molecule has 15 heavy (non-hydrogen) atoms. The summed E-state index contributed by atoms with van der Waals surface area (Å²) in [6.45, 7) is 2.37. The van der Waals surface area contributed by atoms with Crippen molar-refractivity contribution < 1.29 is 19.4 Å². The van der Waals surface area contributed by atoms with E-state index in [0.29, 0.717) is 12.1 Å². The molecule has 84 valence electrons. The van der Waals surface area contributed by atoms with Crippen molar-refractivity contribution in [3.05, 3.63) is 23.7 Å². The van der Waals surface area contributed by atoms with E-state index in [9.17, 15) is 4.79 Å². The van der Waals surface area contributed by atoms with Crippen molar-refractivity contribution in [1.29, 1.82) is 0 Å². The third-order valence-corrected chi connectivity index (χ3v) is 2.24. The summed E-state index contributed by atoms with van der Waals surface area (Å²) in [5.74, 6) is -1.12. The summed E-state index contributed by atoms with van der Waals surface area (Å²) in [4.78, 5) is 10.7. The van der Waals surface area contributed by atoms with Gasteiger partial charge in [-0.3, -0.25) is 0 Å². The summed E-state index contributed by atoms with van der Waals surface area (Å²) in [6.07, 6.45) is 2.14. The van der Waals surface area contributed by atoms with Crippen LogP contribution in [0.1, 0.15) is 29.5 Å². The van der Waals surface area contributed by atoms with Crippen LogP contribution in [0.25, 0.3) is 0 Å². The number of hydrogen-bond acceptors (Lipinski definition) is 4. The number of aromatic carboxylic acids is 1. The molecule has 0 fully saturated rings. The van der Waals surface area contributed by atoms with Crippen LogP contribution in [0.3, 0.4) is 0 Å². The number of carboxylic acids is 1. The molecule has 1 aromatic heterocycles. The number of rotatable bonds is 6. The molecule has 1 aromatic rings. The lowest BCUT2D eigenvalue weighted by Gasteiger charge is -2.12. The fourth-order valence-corrected chi connectivity index (χ4v) is 1.25. The maximum atomic E-state index is 10.7. The third-order valence-electron chi connectivity index (χ3n) is 2.24. The number of nitrogens with one attached hydrogen (secondary N) is 1. The predicted octanol–water partition coefficient (Wildman–Crippen LogP) is 0.838. The first-order valence-electron chi connectivity index (χ1n) is 4.83. The number of hydrogen-bond donors (Lipinski definition) is 3. The van der Waals surface area contributed by atoms with Gasteiger partial charge in [0.05, 0.1) is 12.9 Å². The summed E-state index contributed by atoms with van der Waals surface area (Å²) < 4.78 is 4.82. The Kier molecular flexibility index (Phi) is 4.33. The number of carboxylic acid groups (broad SMARTS) is 1. The van der Waals surface area contributed by atoms with Gasteiger partial charge in [0.15, 0.2) is 0 Å². The highest BCUT2D eigenvalue weighted by molar-refractivity contribution is 5.86. The van der Waals surface area contributed by atoms with Crippen molar-refractivity contribution in [2.75, 3.05) is 6.61 Å². The number of aliphatic hydroxyl groups is 1. The minimum absolute atomic E-state index is 0.0125. The zero-order chi connectivity index (χ0) is 11.3. The zero-order valence-electron chi connectivity index (χ0n) is 8.56. The van der Waals surface area contributed by atoms with Crippen LogP contribution in [0.4, 0.5) is 0 Å². The summed E-state index contributed by atoms with van der Waals surface area (Å²) in [5, 5.41) is 20.7. The molecule has 0 aliphatic carbocycles. The Morgan fingerprint density at radius 3 is 2.93 bits per heavy atom. The summed E-state index contributed by atoms with van der Waals surface area (Å²) in [5.41, 5.74) is 0.592. The minimum atomic E-state index is -1.08. The second-order valence-corrected chi connectivity index (χ2v) is 3.25. The average molecular weight is 213 g/mol. The Morgan fingerprint density at radius 1 is 1.67 bits per heavy atom. The largest absolute Gasteiger partial charge is 0.475 e. The first-order valence-corrected chi connectivity index (χ1v) is 4.83. The fourth-order valence-electron chi connectivity index (χ4n) is 1.25. The van der Waals surface area contributed by atoms with Gasteiger partial charge < -0.3 is 19.9 Å². The van der Waals surface area contributed by atoms with Crippen LogP contribution in [-0.4, -0.2) is 28.8 Å². The molecule has 0 saturated heterocycles. The molecular formula is C10H15NO4. The first-order chi connectivity index (χ1) is 7.19. The highest BCUT2D eigenvalue weighted by Gasteiger charge is 2.14. The van der Waals surface area contributed by atoms with Crippen LogP contribution in [-0.2, 0) is 6.54 Å². The monoisotopic (exact) mass is 213 g/mol. The maximum absolute atomic E-state index is 10.7. The molecule has 1 atom stereocenters.